The maximum absolute atomic E-state index is 13.2. The summed E-state index contributed by atoms with van der Waals surface area (Å²) in [7, 11) is 0. The van der Waals surface area contributed by atoms with Crippen LogP contribution in [-0.4, -0.2) is 50.5 Å². The van der Waals surface area contributed by atoms with E-state index in [4.69, 9.17) is 21.8 Å². The molecule has 172 valence electrons. The van der Waals surface area contributed by atoms with Gasteiger partial charge >= 0.3 is 5.97 Å². The van der Waals surface area contributed by atoms with Gasteiger partial charge in [0.1, 0.15) is 5.69 Å². The van der Waals surface area contributed by atoms with E-state index in [9.17, 15) is 14.4 Å². The van der Waals surface area contributed by atoms with Crippen LogP contribution in [-0.2, 0) is 9.59 Å². The van der Waals surface area contributed by atoms with Crippen LogP contribution in [0.2, 0.25) is 5.02 Å². The van der Waals surface area contributed by atoms with E-state index < -0.39 is 5.97 Å². The lowest BCUT2D eigenvalue weighted by Gasteiger charge is -2.33. The summed E-state index contributed by atoms with van der Waals surface area (Å²) in [5, 5.41) is 14.1. The van der Waals surface area contributed by atoms with E-state index >= 15 is 0 Å². The molecule has 0 aliphatic carbocycles. The molecule has 1 unspecified atom stereocenters. The fraction of sp³-hybridized carbons (Fsp3) is 0.500. The Morgan fingerprint density at radius 1 is 1.12 bits per heavy atom. The number of nitrogens with zero attached hydrogens (tertiary/aromatic N) is 3. The average Bonchev–Trinajstić information content (AvgIpc) is 3.21. The molecule has 0 fully saturated rings. The molecular weight excluding hydrogens is 430 g/mol. The van der Waals surface area contributed by atoms with E-state index in [1.54, 1.807) is 23.1 Å². The quantitative estimate of drug-likeness (QED) is 0.451. The predicted octanol–water partition coefficient (Wildman–Crippen LogP) is 4.99. The summed E-state index contributed by atoms with van der Waals surface area (Å²) in [5.74, 6) is -1.09. The van der Waals surface area contributed by atoms with Crippen LogP contribution in [0.5, 0.6) is 0 Å². The van der Waals surface area contributed by atoms with Crippen molar-refractivity contribution in [3.63, 3.8) is 0 Å². The molecule has 1 aliphatic rings. The monoisotopic (exact) mass is 459 g/mol. The summed E-state index contributed by atoms with van der Waals surface area (Å²) in [4.78, 5) is 37.9. The number of carboxylic acids is 1. The largest absolute Gasteiger partial charge is 0.481 e. The number of aliphatic carboxylic acids is 1. The zero-order chi connectivity index (χ0) is 23.1. The molecule has 0 radical (unpaired) electrons. The van der Waals surface area contributed by atoms with E-state index in [1.165, 1.54) is 0 Å². The predicted molar refractivity (Wildman–Crippen MR) is 123 cm³/mol. The van der Waals surface area contributed by atoms with Crippen LogP contribution in [0, 0.1) is 0 Å². The lowest BCUT2D eigenvalue weighted by atomic mass is 10.0. The molecule has 32 heavy (non-hydrogen) atoms. The van der Waals surface area contributed by atoms with Crippen molar-refractivity contribution < 1.29 is 19.5 Å². The smallest absolute Gasteiger partial charge is 0.303 e. The van der Waals surface area contributed by atoms with E-state index in [0.29, 0.717) is 35.8 Å². The maximum Gasteiger partial charge on any atom is 0.303 e. The molecule has 0 saturated carbocycles. The van der Waals surface area contributed by atoms with Gasteiger partial charge in [0.25, 0.3) is 5.91 Å². The van der Waals surface area contributed by atoms with Gasteiger partial charge in [0.15, 0.2) is 5.78 Å². The lowest BCUT2D eigenvalue weighted by molar-refractivity contribution is -0.137. The second-order valence-corrected chi connectivity index (χ2v) is 8.78. The Labute approximate surface area is 193 Å². The molecule has 3 rings (SSSR count). The Morgan fingerprint density at radius 3 is 2.53 bits per heavy atom. The van der Waals surface area contributed by atoms with Crippen molar-refractivity contribution in [1.29, 1.82) is 0 Å². The molecule has 2 heterocycles. The summed E-state index contributed by atoms with van der Waals surface area (Å²) in [6.07, 6.45) is 5.45. The number of hydrogen-bond acceptors (Lipinski definition) is 4. The highest BCUT2D eigenvalue weighted by molar-refractivity contribution is 6.30. The lowest BCUT2D eigenvalue weighted by Crippen LogP contribution is -2.45. The van der Waals surface area contributed by atoms with Crippen LogP contribution in [0.3, 0.4) is 0 Å². The summed E-state index contributed by atoms with van der Waals surface area (Å²) in [5.41, 5.74) is 2.10. The van der Waals surface area contributed by atoms with Crippen molar-refractivity contribution in [2.45, 2.75) is 64.3 Å². The summed E-state index contributed by atoms with van der Waals surface area (Å²) in [6, 6.07) is 9.17. The van der Waals surface area contributed by atoms with Gasteiger partial charge in [0.2, 0.25) is 0 Å². The Kier molecular flexibility index (Phi) is 8.45. The molecule has 1 aromatic heterocycles. The van der Waals surface area contributed by atoms with Gasteiger partial charge in [-0.15, -0.1) is 0 Å². The molecule has 0 bridgehead atoms. The number of amides is 1. The van der Waals surface area contributed by atoms with Gasteiger partial charge in [-0.2, -0.15) is 5.10 Å². The zero-order valence-electron chi connectivity index (χ0n) is 18.4. The number of carbonyl (C=O) groups is 3. The summed E-state index contributed by atoms with van der Waals surface area (Å²) in [6.45, 7) is 2.66. The Morgan fingerprint density at radius 2 is 1.84 bits per heavy atom. The van der Waals surface area contributed by atoms with Crippen molar-refractivity contribution in [3.05, 3.63) is 41.0 Å². The van der Waals surface area contributed by atoms with Crippen molar-refractivity contribution in [2.75, 3.05) is 13.1 Å². The third-order valence-electron chi connectivity index (χ3n) is 5.76. The second kappa shape index (κ2) is 11.3. The van der Waals surface area contributed by atoms with Crippen molar-refractivity contribution in [2.24, 2.45) is 0 Å². The molecule has 1 N–H and O–H groups in total. The van der Waals surface area contributed by atoms with Crippen LogP contribution >= 0.6 is 11.6 Å². The topological polar surface area (TPSA) is 92.5 Å². The van der Waals surface area contributed by atoms with E-state index in [2.05, 4.69) is 6.92 Å². The first-order chi connectivity index (χ1) is 15.4. The van der Waals surface area contributed by atoms with Crippen LogP contribution in [0.1, 0.15) is 74.8 Å². The number of hydrogen-bond donors (Lipinski definition) is 1. The minimum atomic E-state index is -0.858. The fourth-order valence-corrected chi connectivity index (χ4v) is 4.17. The highest BCUT2D eigenvalue weighted by Gasteiger charge is 2.33. The van der Waals surface area contributed by atoms with Crippen LogP contribution in [0.25, 0.3) is 11.3 Å². The molecule has 7 nitrogen and oxygen atoms in total. The third kappa shape index (κ3) is 6.19. The van der Waals surface area contributed by atoms with Gasteiger partial charge in [-0.1, -0.05) is 49.9 Å². The van der Waals surface area contributed by atoms with Gasteiger partial charge in [-0.3, -0.25) is 19.1 Å². The molecule has 2 aromatic rings. The number of aromatic nitrogens is 2. The number of halogens is 1. The molecule has 0 spiro atoms. The number of fused-ring (bicyclic) bond motifs is 1. The third-order valence-corrected chi connectivity index (χ3v) is 6.02. The fourth-order valence-electron chi connectivity index (χ4n) is 4.04. The molecule has 1 atom stereocenters. The number of benzene rings is 1. The standard InChI is InChI=1S/C24H30ClN3O4/c1-2-3-4-7-19-15-27(16-20(29)8-5-6-9-23(30)31)24(32)22-14-21(26-28(19)22)17-10-12-18(25)13-11-17/h10-14,19H,2-9,15-16H2,1H3,(H,30,31). The number of ketones is 1. The van der Waals surface area contributed by atoms with Gasteiger partial charge < -0.3 is 10.0 Å². The van der Waals surface area contributed by atoms with Crippen molar-refractivity contribution in [3.8, 4) is 11.3 Å². The first kappa shape index (κ1) is 24.0. The Hall–Kier alpha value is -2.67. The Bertz CT molecular complexity index is 955. The van der Waals surface area contributed by atoms with Gasteiger partial charge in [-0.25, -0.2) is 0 Å². The highest BCUT2D eigenvalue weighted by Crippen LogP contribution is 2.30. The van der Waals surface area contributed by atoms with E-state index in [0.717, 1.165) is 31.2 Å². The van der Waals surface area contributed by atoms with E-state index in [1.807, 2.05) is 16.8 Å². The zero-order valence-corrected chi connectivity index (χ0v) is 19.2. The van der Waals surface area contributed by atoms with Crippen molar-refractivity contribution >= 4 is 29.3 Å². The molecule has 1 aliphatic heterocycles. The molecule has 1 amide bonds. The van der Waals surface area contributed by atoms with Gasteiger partial charge in [0.05, 0.1) is 18.3 Å². The SMILES string of the molecule is CCCCCC1CN(CC(=O)CCCCC(=O)O)C(=O)c2cc(-c3ccc(Cl)cc3)nn21. The Balaban J connectivity index is 1.75. The average molecular weight is 460 g/mol. The first-order valence-corrected chi connectivity index (χ1v) is 11.6. The highest BCUT2D eigenvalue weighted by atomic mass is 35.5. The van der Waals surface area contributed by atoms with Crippen LogP contribution < -0.4 is 0 Å². The molecule has 1 aromatic carbocycles. The van der Waals surface area contributed by atoms with E-state index in [-0.39, 0.29) is 37.1 Å². The first-order valence-electron chi connectivity index (χ1n) is 11.3. The molecular formula is C24H30ClN3O4. The number of carbonyl (C=O) groups excluding carboxylic acids is 2. The van der Waals surface area contributed by atoms with Gasteiger partial charge in [-0.05, 0) is 37.5 Å². The molecule has 0 saturated heterocycles. The van der Waals surface area contributed by atoms with Crippen LogP contribution in [0.15, 0.2) is 30.3 Å². The molecule has 8 heteroatoms. The second-order valence-electron chi connectivity index (χ2n) is 8.34. The van der Waals surface area contributed by atoms with Gasteiger partial charge in [0, 0.05) is 30.0 Å². The number of carboxylic acid groups (broad SMARTS) is 1. The number of rotatable bonds is 12. The maximum atomic E-state index is 13.2. The number of unbranched alkanes of at least 4 members (excludes halogenated alkanes) is 3. The minimum Gasteiger partial charge on any atom is -0.481 e. The normalized spacial score (nSPS) is 15.6. The summed E-state index contributed by atoms with van der Waals surface area (Å²) < 4.78 is 1.83. The minimum absolute atomic E-state index is 0.0233. The number of Topliss-reactive ketones (excluding diaryl/α,β-unsaturated/α-hetero) is 1. The van der Waals surface area contributed by atoms with Crippen molar-refractivity contribution in [1.82, 2.24) is 14.7 Å². The summed E-state index contributed by atoms with van der Waals surface area (Å²) >= 11 is 6.00. The van der Waals surface area contributed by atoms with Crippen LogP contribution in [0.4, 0.5) is 0 Å².